The van der Waals surface area contributed by atoms with E-state index in [2.05, 4.69) is 15.6 Å². The van der Waals surface area contributed by atoms with E-state index in [1.807, 2.05) is 13.0 Å². The number of fused-ring (bicyclic) bond motifs is 1. The molecule has 1 heterocycles. The Kier molecular flexibility index (Phi) is 4.74. The Hall–Kier alpha value is -3.22. The van der Waals surface area contributed by atoms with E-state index in [0.29, 0.717) is 28.8 Å². The van der Waals surface area contributed by atoms with Crippen LogP contribution in [0.4, 0.5) is 5.69 Å². The van der Waals surface area contributed by atoms with Crippen LogP contribution in [-0.2, 0) is 4.79 Å². The summed E-state index contributed by atoms with van der Waals surface area (Å²) in [5, 5.41) is 11.2. The largest absolute Gasteiger partial charge is 0.495 e. The van der Waals surface area contributed by atoms with E-state index in [1.165, 1.54) is 7.11 Å². The normalized spacial score (nSPS) is 11.9. The number of ether oxygens (including phenoxy) is 1. The van der Waals surface area contributed by atoms with E-state index < -0.39 is 6.04 Å². The van der Waals surface area contributed by atoms with Crippen molar-refractivity contribution >= 4 is 22.5 Å². The monoisotopic (exact) mass is 338 g/mol. The van der Waals surface area contributed by atoms with Crippen molar-refractivity contribution in [3.8, 4) is 5.75 Å². The van der Waals surface area contributed by atoms with Crippen molar-refractivity contribution in [1.29, 1.82) is 0 Å². The second-order valence-corrected chi connectivity index (χ2v) is 5.47. The highest BCUT2D eigenvalue weighted by Crippen LogP contribution is 2.24. The Morgan fingerprint density at radius 2 is 1.92 bits per heavy atom. The smallest absolute Gasteiger partial charge is 0.278 e. The molecule has 0 radical (unpaired) electrons. The first-order valence-corrected chi connectivity index (χ1v) is 7.93. The molecule has 0 aliphatic heterocycles. The number of hydrogen-bond donors (Lipinski definition) is 1. The zero-order valence-corrected chi connectivity index (χ0v) is 14.0. The van der Waals surface area contributed by atoms with Crippen LogP contribution in [-0.4, -0.2) is 28.0 Å². The molecule has 128 valence electrons. The Labute approximate surface area is 144 Å². The number of amides is 1. The van der Waals surface area contributed by atoms with E-state index in [4.69, 9.17) is 4.74 Å². The quantitative estimate of drug-likeness (QED) is 0.772. The molecule has 25 heavy (non-hydrogen) atoms. The zero-order chi connectivity index (χ0) is 17.8. The van der Waals surface area contributed by atoms with Gasteiger partial charge in [0.1, 0.15) is 17.3 Å². The van der Waals surface area contributed by atoms with Crippen molar-refractivity contribution in [2.45, 2.75) is 19.4 Å². The first-order valence-electron chi connectivity index (χ1n) is 7.93. The van der Waals surface area contributed by atoms with Gasteiger partial charge in [-0.05, 0) is 30.7 Å². The van der Waals surface area contributed by atoms with Crippen LogP contribution in [0.3, 0.4) is 0 Å². The summed E-state index contributed by atoms with van der Waals surface area (Å²) in [5.74, 6) is 0.196. The molecule has 3 aromatic rings. The topological polar surface area (TPSA) is 86.1 Å². The predicted molar refractivity (Wildman–Crippen MR) is 94.7 cm³/mol. The molecule has 0 spiro atoms. The van der Waals surface area contributed by atoms with Crippen LogP contribution in [0.25, 0.3) is 10.9 Å². The second kappa shape index (κ2) is 7.12. The molecule has 0 unspecified atom stereocenters. The van der Waals surface area contributed by atoms with Gasteiger partial charge in [-0.1, -0.05) is 36.4 Å². The van der Waals surface area contributed by atoms with Gasteiger partial charge in [0.15, 0.2) is 0 Å². The molecule has 0 fully saturated rings. The molecule has 1 atom stereocenters. The summed E-state index contributed by atoms with van der Waals surface area (Å²) < 4.78 is 6.37. The summed E-state index contributed by atoms with van der Waals surface area (Å²) >= 11 is 0. The zero-order valence-electron chi connectivity index (χ0n) is 14.0. The highest BCUT2D eigenvalue weighted by Gasteiger charge is 2.23. The lowest BCUT2D eigenvalue weighted by Crippen LogP contribution is -2.35. The van der Waals surface area contributed by atoms with Gasteiger partial charge < -0.3 is 10.1 Å². The fraction of sp³-hybridized carbons (Fsp3) is 0.222. The number of carbonyl (C=O) groups is 1. The van der Waals surface area contributed by atoms with Gasteiger partial charge in [0.2, 0.25) is 5.91 Å². The van der Waals surface area contributed by atoms with Crippen LogP contribution in [0.1, 0.15) is 19.4 Å². The predicted octanol–water partition coefficient (Wildman–Crippen LogP) is 2.39. The Morgan fingerprint density at radius 3 is 2.68 bits per heavy atom. The van der Waals surface area contributed by atoms with Gasteiger partial charge in [0.05, 0.1) is 18.2 Å². The number of anilines is 1. The lowest BCUT2D eigenvalue weighted by Gasteiger charge is -2.17. The Morgan fingerprint density at radius 1 is 1.20 bits per heavy atom. The molecule has 1 amide bonds. The van der Waals surface area contributed by atoms with Crippen LogP contribution in [0.2, 0.25) is 0 Å². The SMILES string of the molecule is CC[C@@H](C(=O)Nc1ccccc1OC)n1nnc2ccccc2c1=O. The van der Waals surface area contributed by atoms with E-state index >= 15 is 0 Å². The Balaban J connectivity index is 1.96. The summed E-state index contributed by atoms with van der Waals surface area (Å²) in [4.78, 5) is 25.4. The average Bonchev–Trinajstić information content (AvgIpc) is 2.65. The molecule has 0 aliphatic carbocycles. The standard InChI is InChI=1S/C18H18N4O3/c1-3-15(17(23)19-14-10-6-7-11-16(14)25-2)22-18(24)12-8-4-5-9-13(12)20-21-22/h4-11,15H,3H2,1-2H3,(H,19,23)/t15-/m0/s1. The van der Waals surface area contributed by atoms with Crippen LogP contribution in [0, 0.1) is 0 Å². The number of hydrogen-bond acceptors (Lipinski definition) is 5. The molecule has 0 saturated heterocycles. The van der Waals surface area contributed by atoms with Crippen LogP contribution < -0.4 is 15.6 Å². The van der Waals surface area contributed by atoms with Gasteiger partial charge in [-0.25, -0.2) is 0 Å². The molecule has 0 saturated carbocycles. The number of rotatable bonds is 5. The first kappa shape index (κ1) is 16.6. The minimum Gasteiger partial charge on any atom is -0.495 e. The van der Waals surface area contributed by atoms with Gasteiger partial charge in [-0.2, -0.15) is 4.68 Å². The van der Waals surface area contributed by atoms with Gasteiger partial charge in [0.25, 0.3) is 5.56 Å². The van der Waals surface area contributed by atoms with Crippen LogP contribution in [0.5, 0.6) is 5.75 Å². The minimum absolute atomic E-state index is 0.340. The molecule has 7 nitrogen and oxygen atoms in total. The number of benzene rings is 2. The van der Waals surface area contributed by atoms with E-state index in [1.54, 1.807) is 42.5 Å². The van der Waals surface area contributed by atoms with Gasteiger partial charge >= 0.3 is 0 Å². The number of methoxy groups -OCH3 is 1. The molecular formula is C18H18N4O3. The molecule has 1 aromatic heterocycles. The summed E-state index contributed by atoms with van der Waals surface area (Å²) in [6, 6.07) is 13.2. The van der Waals surface area contributed by atoms with Gasteiger partial charge in [-0.3, -0.25) is 9.59 Å². The first-order chi connectivity index (χ1) is 12.2. The van der Waals surface area contributed by atoms with E-state index in [-0.39, 0.29) is 11.5 Å². The van der Waals surface area contributed by atoms with Crippen LogP contribution in [0.15, 0.2) is 53.3 Å². The third-order valence-electron chi connectivity index (χ3n) is 3.94. The molecular weight excluding hydrogens is 320 g/mol. The average molecular weight is 338 g/mol. The van der Waals surface area contributed by atoms with Crippen molar-refractivity contribution in [3.05, 3.63) is 58.9 Å². The highest BCUT2D eigenvalue weighted by atomic mass is 16.5. The maximum absolute atomic E-state index is 12.7. The number of nitrogens with one attached hydrogen (secondary N) is 1. The van der Waals surface area contributed by atoms with Crippen molar-refractivity contribution in [2.24, 2.45) is 0 Å². The maximum Gasteiger partial charge on any atom is 0.278 e. The van der Waals surface area contributed by atoms with Gasteiger partial charge in [-0.15, -0.1) is 5.10 Å². The molecule has 7 heteroatoms. The number of nitrogens with zero attached hydrogens (tertiary/aromatic N) is 3. The molecule has 0 aliphatic rings. The van der Waals surface area contributed by atoms with Gasteiger partial charge in [0, 0.05) is 0 Å². The lowest BCUT2D eigenvalue weighted by atomic mass is 10.2. The molecule has 3 rings (SSSR count). The summed E-state index contributed by atoms with van der Waals surface area (Å²) in [6.45, 7) is 1.82. The molecule has 1 N–H and O–H groups in total. The third-order valence-corrected chi connectivity index (χ3v) is 3.94. The fourth-order valence-corrected chi connectivity index (χ4v) is 2.64. The van der Waals surface area contributed by atoms with E-state index in [0.717, 1.165) is 4.68 Å². The van der Waals surface area contributed by atoms with Crippen LogP contribution >= 0.6 is 0 Å². The number of aromatic nitrogens is 3. The van der Waals surface area contributed by atoms with Crippen molar-refractivity contribution in [2.75, 3.05) is 12.4 Å². The molecule has 0 bridgehead atoms. The van der Waals surface area contributed by atoms with E-state index in [9.17, 15) is 9.59 Å². The number of para-hydroxylation sites is 2. The third kappa shape index (κ3) is 3.21. The van der Waals surface area contributed by atoms with Crippen molar-refractivity contribution in [3.63, 3.8) is 0 Å². The maximum atomic E-state index is 12.7. The van der Waals surface area contributed by atoms with Crippen molar-refractivity contribution < 1.29 is 9.53 Å². The number of carbonyl (C=O) groups excluding carboxylic acids is 1. The Bertz CT molecular complexity index is 968. The molecule has 2 aromatic carbocycles. The second-order valence-electron chi connectivity index (χ2n) is 5.47. The van der Waals surface area contributed by atoms with Crippen molar-refractivity contribution in [1.82, 2.24) is 15.0 Å². The lowest BCUT2D eigenvalue weighted by molar-refractivity contribution is -0.119. The fourth-order valence-electron chi connectivity index (χ4n) is 2.64. The summed E-state index contributed by atoms with van der Waals surface area (Å²) in [7, 11) is 1.53. The summed E-state index contributed by atoms with van der Waals surface area (Å²) in [6.07, 6.45) is 0.397. The minimum atomic E-state index is -0.769. The summed E-state index contributed by atoms with van der Waals surface area (Å²) in [5.41, 5.74) is 0.701. The highest BCUT2D eigenvalue weighted by molar-refractivity contribution is 5.95.